The normalized spacial score (nSPS) is 12.2. The van der Waals surface area contributed by atoms with Crippen molar-refractivity contribution in [3.05, 3.63) is 45.7 Å². The van der Waals surface area contributed by atoms with E-state index in [1.807, 2.05) is 20.9 Å². The molecule has 0 bridgehead atoms. The zero-order valence-corrected chi connectivity index (χ0v) is 13.2. The van der Waals surface area contributed by atoms with Gasteiger partial charge >= 0.3 is 0 Å². The van der Waals surface area contributed by atoms with Gasteiger partial charge in [-0.1, -0.05) is 15.9 Å². The summed E-state index contributed by atoms with van der Waals surface area (Å²) in [5.41, 5.74) is 8.86. The molecule has 0 fully saturated rings. The molecule has 6 heteroatoms. The number of aromatic nitrogens is 2. The molecule has 0 saturated carbocycles. The number of halogens is 1. The molecule has 0 aliphatic carbocycles. The summed E-state index contributed by atoms with van der Waals surface area (Å²) in [4.78, 5) is 12.2. The van der Waals surface area contributed by atoms with E-state index in [1.54, 1.807) is 29.1 Å². The molecule has 0 radical (unpaired) electrons. The molecule has 3 N–H and O–H groups in total. The third kappa shape index (κ3) is 3.01. The number of hydrogen-bond donors (Lipinski definition) is 2. The van der Waals surface area contributed by atoms with E-state index in [0.29, 0.717) is 11.3 Å². The van der Waals surface area contributed by atoms with Crippen molar-refractivity contribution in [1.29, 1.82) is 0 Å². The Morgan fingerprint density at radius 1 is 1.45 bits per heavy atom. The Labute approximate surface area is 126 Å². The van der Waals surface area contributed by atoms with Crippen molar-refractivity contribution < 1.29 is 4.79 Å². The van der Waals surface area contributed by atoms with Gasteiger partial charge in [0.15, 0.2) is 0 Å². The molecular formula is C14H17BrN4O. The average Bonchev–Trinajstić information content (AvgIpc) is 2.68. The number of anilines is 1. The second kappa shape index (κ2) is 5.66. The fourth-order valence-corrected chi connectivity index (χ4v) is 2.55. The summed E-state index contributed by atoms with van der Waals surface area (Å²) in [7, 11) is 1.88. The highest BCUT2D eigenvalue weighted by Gasteiger charge is 2.16. The van der Waals surface area contributed by atoms with Crippen LogP contribution in [-0.2, 0) is 7.05 Å². The Morgan fingerprint density at radius 3 is 2.70 bits per heavy atom. The molecule has 1 aromatic heterocycles. The van der Waals surface area contributed by atoms with Crippen LogP contribution in [-0.4, -0.2) is 15.7 Å². The molecule has 1 heterocycles. The fourth-order valence-electron chi connectivity index (χ4n) is 2.04. The summed E-state index contributed by atoms with van der Waals surface area (Å²) >= 11 is 3.33. The number of rotatable bonds is 3. The number of nitrogens with zero attached hydrogens (tertiary/aromatic N) is 2. The fraction of sp³-hybridized carbons (Fsp3) is 0.286. The highest BCUT2D eigenvalue weighted by molar-refractivity contribution is 9.10. The summed E-state index contributed by atoms with van der Waals surface area (Å²) in [5.74, 6) is -0.159. The minimum atomic E-state index is -0.159. The van der Waals surface area contributed by atoms with Crippen molar-refractivity contribution in [1.82, 2.24) is 15.1 Å². The number of carbonyl (C=O) groups excluding carboxylic acids is 1. The van der Waals surface area contributed by atoms with Crippen LogP contribution in [0.5, 0.6) is 0 Å². The summed E-state index contributed by atoms with van der Waals surface area (Å²) < 4.78 is 2.57. The number of nitrogen functional groups attached to an aromatic ring is 1. The molecule has 20 heavy (non-hydrogen) atoms. The topological polar surface area (TPSA) is 72.9 Å². The first kappa shape index (κ1) is 14.6. The maximum absolute atomic E-state index is 12.2. The smallest absolute Gasteiger partial charge is 0.251 e. The van der Waals surface area contributed by atoms with E-state index in [4.69, 9.17) is 5.73 Å². The quantitative estimate of drug-likeness (QED) is 0.846. The van der Waals surface area contributed by atoms with E-state index in [-0.39, 0.29) is 11.9 Å². The molecule has 5 nitrogen and oxygen atoms in total. The maximum atomic E-state index is 12.2. The molecule has 0 spiro atoms. The zero-order chi connectivity index (χ0) is 14.9. The Hall–Kier alpha value is -1.82. The molecule has 1 unspecified atom stereocenters. The van der Waals surface area contributed by atoms with Crippen molar-refractivity contribution >= 4 is 27.5 Å². The minimum Gasteiger partial charge on any atom is -0.399 e. The number of hydrogen-bond acceptors (Lipinski definition) is 3. The maximum Gasteiger partial charge on any atom is 0.251 e. The third-order valence-electron chi connectivity index (χ3n) is 3.27. The zero-order valence-electron chi connectivity index (χ0n) is 11.6. The molecule has 0 saturated heterocycles. The third-order valence-corrected chi connectivity index (χ3v) is 3.73. The summed E-state index contributed by atoms with van der Waals surface area (Å²) in [5, 5.41) is 7.14. The van der Waals surface area contributed by atoms with E-state index in [2.05, 4.69) is 26.3 Å². The lowest BCUT2D eigenvalue weighted by atomic mass is 10.1. The average molecular weight is 337 g/mol. The molecule has 1 aromatic carbocycles. The Morgan fingerprint density at radius 2 is 2.15 bits per heavy atom. The van der Waals surface area contributed by atoms with Gasteiger partial charge in [0.2, 0.25) is 0 Å². The first-order valence-corrected chi connectivity index (χ1v) is 7.03. The number of carbonyl (C=O) groups is 1. The largest absolute Gasteiger partial charge is 0.399 e. The second-order valence-corrected chi connectivity index (χ2v) is 5.69. The van der Waals surface area contributed by atoms with Crippen molar-refractivity contribution in [3.63, 3.8) is 0 Å². The van der Waals surface area contributed by atoms with Gasteiger partial charge in [0, 0.05) is 34.0 Å². The summed E-state index contributed by atoms with van der Waals surface area (Å²) in [6, 6.07) is 5.04. The van der Waals surface area contributed by atoms with Gasteiger partial charge < -0.3 is 11.1 Å². The van der Waals surface area contributed by atoms with Gasteiger partial charge in [-0.25, -0.2) is 0 Å². The van der Waals surface area contributed by atoms with Crippen LogP contribution in [0.2, 0.25) is 0 Å². The number of nitrogens with two attached hydrogens (primary N) is 1. The first-order valence-electron chi connectivity index (χ1n) is 6.24. The minimum absolute atomic E-state index is 0.114. The van der Waals surface area contributed by atoms with E-state index in [0.717, 1.165) is 15.7 Å². The lowest BCUT2D eigenvalue weighted by molar-refractivity contribution is 0.0940. The Kier molecular flexibility index (Phi) is 4.13. The van der Waals surface area contributed by atoms with E-state index in [1.165, 1.54) is 0 Å². The van der Waals surface area contributed by atoms with E-state index in [9.17, 15) is 4.79 Å². The number of benzene rings is 1. The van der Waals surface area contributed by atoms with Crippen LogP contribution in [0.3, 0.4) is 0 Å². The molecule has 0 aliphatic rings. The molecular weight excluding hydrogens is 320 g/mol. The number of nitrogens with one attached hydrogen (secondary N) is 1. The lowest BCUT2D eigenvalue weighted by Crippen LogP contribution is -2.27. The van der Waals surface area contributed by atoms with Gasteiger partial charge in [0.05, 0.1) is 12.2 Å². The van der Waals surface area contributed by atoms with Gasteiger partial charge in [-0.15, -0.1) is 0 Å². The van der Waals surface area contributed by atoms with E-state index >= 15 is 0 Å². The standard InChI is InChI=1S/C14H17BrN4O/c1-8(13-7-17-19(3)9(13)2)18-14(20)10-4-11(15)6-12(16)5-10/h4-8H,16H2,1-3H3,(H,18,20). The van der Waals surface area contributed by atoms with Crippen LogP contribution in [0, 0.1) is 6.92 Å². The Balaban J connectivity index is 2.17. The second-order valence-electron chi connectivity index (χ2n) is 4.78. The molecule has 106 valence electrons. The van der Waals surface area contributed by atoms with E-state index < -0.39 is 0 Å². The highest BCUT2D eigenvalue weighted by Crippen LogP contribution is 2.20. The number of amides is 1. The molecule has 2 aromatic rings. The predicted molar refractivity (Wildman–Crippen MR) is 82.4 cm³/mol. The monoisotopic (exact) mass is 336 g/mol. The summed E-state index contributed by atoms with van der Waals surface area (Å²) in [6.45, 7) is 3.91. The highest BCUT2D eigenvalue weighted by atomic mass is 79.9. The van der Waals surface area contributed by atoms with Crippen LogP contribution in [0.1, 0.15) is 34.6 Å². The van der Waals surface area contributed by atoms with Crippen molar-refractivity contribution in [2.45, 2.75) is 19.9 Å². The van der Waals surface area contributed by atoms with Gasteiger partial charge in [-0.05, 0) is 32.0 Å². The Bertz CT molecular complexity index is 630. The van der Waals surface area contributed by atoms with Crippen molar-refractivity contribution in [3.8, 4) is 0 Å². The van der Waals surface area contributed by atoms with Gasteiger partial charge in [0.1, 0.15) is 0 Å². The van der Waals surface area contributed by atoms with Gasteiger partial charge in [-0.2, -0.15) is 5.10 Å². The number of aryl methyl sites for hydroxylation is 1. The summed E-state index contributed by atoms with van der Waals surface area (Å²) in [6.07, 6.45) is 1.77. The van der Waals surface area contributed by atoms with Crippen LogP contribution in [0.25, 0.3) is 0 Å². The van der Waals surface area contributed by atoms with Crippen LogP contribution in [0.15, 0.2) is 28.9 Å². The molecule has 1 amide bonds. The van der Waals surface area contributed by atoms with Crippen molar-refractivity contribution in [2.24, 2.45) is 7.05 Å². The SMILES string of the molecule is Cc1c(C(C)NC(=O)c2cc(N)cc(Br)c2)cnn1C. The van der Waals surface area contributed by atoms with Crippen molar-refractivity contribution in [2.75, 3.05) is 5.73 Å². The van der Waals surface area contributed by atoms with Crippen LogP contribution in [0.4, 0.5) is 5.69 Å². The molecule has 2 rings (SSSR count). The molecule has 1 atom stereocenters. The first-order chi connectivity index (χ1) is 9.38. The molecule has 0 aliphatic heterocycles. The lowest BCUT2D eigenvalue weighted by Gasteiger charge is -2.14. The van der Waals surface area contributed by atoms with Crippen LogP contribution >= 0.6 is 15.9 Å². The predicted octanol–water partition coefficient (Wildman–Crippen LogP) is 2.56. The van der Waals surface area contributed by atoms with Gasteiger partial charge in [-0.3, -0.25) is 9.48 Å². The van der Waals surface area contributed by atoms with Gasteiger partial charge in [0.25, 0.3) is 5.91 Å². The van der Waals surface area contributed by atoms with Crippen LogP contribution < -0.4 is 11.1 Å².